The van der Waals surface area contributed by atoms with E-state index >= 15 is 0 Å². The first-order chi connectivity index (χ1) is 9.82. The molecule has 1 saturated heterocycles. The van der Waals surface area contributed by atoms with Gasteiger partial charge in [0, 0.05) is 16.7 Å². The second-order valence-corrected chi connectivity index (χ2v) is 8.99. The molecule has 0 aliphatic carbocycles. The molecule has 2 nitrogen and oxygen atoms in total. The van der Waals surface area contributed by atoms with Crippen LogP contribution in [0.1, 0.15) is 12.0 Å². The lowest BCUT2D eigenvalue weighted by atomic mass is 9.74. The lowest BCUT2D eigenvalue weighted by Crippen LogP contribution is -2.37. The average molecular weight is 446 g/mol. The first kappa shape index (κ1) is 17.3. The normalized spacial score (nSPS) is 21.6. The van der Waals surface area contributed by atoms with Crippen molar-refractivity contribution in [3.63, 3.8) is 0 Å². The van der Waals surface area contributed by atoms with E-state index in [4.69, 9.17) is 0 Å². The highest BCUT2D eigenvalue weighted by atomic mass is 79.9. The predicted molar refractivity (Wildman–Crippen MR) is 86.8 cm³/mol. The maximum atomic E-state index is 13.9. The maximum absolute atomic E-state index is 13.9. The lowest BCUT2D eigenvalue weighted by Gasteiger charge is -2.36. The molecular formula is C14H16Br2F2O2S. The molecule has 1 heterocycles. The van der Waals surface area contributed by atoms with Crippen molar-refractivity contribution in [2.45, 2.75) is 12.8 Å². The molecule has 2 rings (SSSR count). The molecular weight excluding hydrogens is 430 g/mol. The molecule has 0 bridgehead atoms. The Morgan fingerprint density at radius 3 is 2.38 bits per heavy atom. The van der Waals surface area contributed by atoms with Gasteiger partial charge in [-0.05, 0) is 35.8 Å². The Morgan fingerprint density at radius 1 is 1.24 bits per heavy atom. The first-order valence-corrected chi connectivity index (χ1v) is 10.6. The number of alkyl halides is 2. The summed E-state index contributed by atoms with van der Waals surface area (Å²) in [6.07, 6.45) is 0.956. The largest absolute Gasteiger partial charge is 0.229 e. The van der Waals surface area contributed by atoms with Crippen LogP contribution in [0.25, 0.3) is 0 Å². The number of halogens is 4. The third-order valence-electron chi connectivity index (χ3n) is 4.19. The molecule has 1 aliphatic rings. The van der Waals surface area contributed by atoms with E-state index in [1.807, 2.05) is 0 Å². The van der Waals surface area contributed by atoms with Crippen molar-refractivity contribution in [1.82, 2.24) is 0 Å². The molecule has 1 aromatic carbocycles. The van der Waals surface area contributed by atoms with Gasteiger partial charge in [0.05, 0.1) is 11.5 Å². The van der Waals surface area contributed by atoms with Crippen LogP contribution in [0.4, 0.5) is 8.78 Å². The minimum atomic E-state index is -3.00. The van der Waals surface area contributed by atoms with Gasteiger partial charge in [-0.2, -0.15) is 0 Å². The van der Waals surface area contributed by atoms with Crippen molar-refractivity contribution in [1.29, 1.82) is 0 Å². The Hall–Kier alpha value is -0.0100. The van der Waals surface area contributed by atoms with Crippen LogP contribution < -0.4 is 0 Å². The van der Waals surface area contributed by atoms with Crippen LogP contribution >= 0.6 is 31.9 Å². The van der Waals surface area contributed by atoms with Crippen LogP contribution in [0.2, 0.25) is 0 Å². The van der Waals surface area contributed by atoms with E-state index in [1.165, 1.54) is 12.1 Å². The van der Waals surface area contributed by atoms with E-state index in [2.05, 4.69) is 31.9 Å². The highest BCUT2D eigenvalue weighted by Gasteiger charge is 2.43. The highest BCUT2D eigenvalue weighted by Crippen LogP contribution is 2.42. The van der Waals surface area contributed by atoms with Gasteiger partial charge in [0.2, 0.25) is 0 Å². The smallest absolute Gasteiger partial charge is 0.150 e. The fraction of sp³-hybridized carbons (Fsp3) is 0.571. The fourth-order valence-electron chi connectivity index (χ4n) is 2.82. The van der Waals surface area contributed by atoms with Crippen LogP contribution in [0.3, 0.4) is 0 Å². The third kappa shape index (κ3) is 3.85. The predicted octanol–water partition coefficient (Wildman–Crippen LogP) is 3.72. The lowest BCUT2D eigenvalue weighted by molar-refractivity contribution is 0.250. The van der Waals surface area contributed by atoms with E-state index in [1.54, 1.807) is 0 Å². The number of hydrogen-bond acceptors (Lipinski definition) is 2. The summed E-state index contributed by atoms with van der Waals surface area (Å²) in [4.78, 5) is 0. The molecule has 1 fully saturated rings. The van der Waals surface area contributed by atoms with E-state index in [0.717, 1.165) is 6.07 Å². The van der Waals surface area contributed by atoms with Gasteiger partial charge < -0.3 is 0 Å². The van der Waals surface area contributed by atoms with E-state index in [0.29, 0.717) is 29.1 Å². The molecule has 21 heavy (non-hydrogen) atoms. The summed E-state index contributed by atoms with van der Waals surface area (Å²) in [5, 5.41) is 1.12. The standard InChI is InChI=1S/C14H16Br2F2O2S/c15-8-14(9-16,11-3-4-21(19,20)7-11)6-10-1-2-12(17)5-13(10)18/h1-2,5,11H,3-4,6-9H2. The number of rotatable bonds is 5. The Bertz CT molecular complexity index is 615. The summed E-state index contributed by atoms with van der Waals surface area (Å²) in [7, 11) is -3.00. The third-order valence-corrected chi connectivity index (χ3v) is 8.19. The maximum Gasteiger partial charge on any atom is 0.150 e. The monoisotopic (exact) mass is 444 g/mol. The van der Waals surface area contributed by atoms with Gasteiger partial charge >= 0.3 is 0 Å². The zero-order valence-electron chi connectivity index (χ0n) is 11.3. The van der Waals surface area contributed by atoms with Crippen molar-refractivity contribution in [2.75, 3.05) is 22.2 Å². The second-order valence-electron chi connectivity index (χ2n) is 5.64. The molecule has 0 saturated carbocycles. The molecule has 0 amide bonds. The van der Waals surface area contributed by atoms with Crippen molar-refractivity contribution < 1.29 is 17.2 Å². The van der Waals surface area contributed by atoms with Crippen molar-refractivity contribution in [2.24, 2.45) is 11.3 Å². The minimum absolute atomic E-state index is 0.0364. The van der Waals surface area contributed by atoms with Gasteiger partial charge in [0.1, 0.15) is 11.6 Å². The number of benzene rings is 1. The molecule has 118 valence electrons. The number of hydrogen-bond donors (Lipinski definition) is 0. The highest BCUT2D eigenvalue weighted by molar-refractivity contribution is 9.09. The van der Waals surface area contributed by atoms with Crippen LogP contribution in [-0.2, 0) is 16.3 Å². The quantitative estimate of drug-likeness (QED) is 0.647. The fourth-order valence-corrected chi connectivity index (χ4v) is 7.00. The van der Waals surface area contributed by atoms with Gasteiger partial charge in [-0.1, -0.05) is 37.9 Å². The molecule has 0 aromatic heterocycles. The van der Waals surface area contributed by atoms with Gasteiger partial charge in [0.25, 0.3) is 0 Å². The van der Waals surface area contributed by atoms with Gasteiger partial charge in [0.15, 0.2) is 9.84 Å². The topological polar surface area (TPSA) is 34.1 Å². The summed E-state index contributed by atoms with van der Waals surface area (Å²) in [6, 6.07) is 3.54. The molecule has 0 radical (unpaired) electrons. The SMILES string of the molecule is O=S1(=O)CCC(C(CBr)(CBr)Cc2ccc(F)cc2F)C1. The van der Waals surface area contributed by atoms with Crippen molar-refractivity contribution in [3.05, 3.63) is 35.4 Å². The van der Waals surface area contributed by atoms with Gasteiger partial charge in [-0.25, -0.2) is 17.2 Å². The van der Waals surface area contributed by atoms with E-state index < -0.39 is 26.9 Å². The average Bonchev–Trinajstić information content (AvgIpc) is 2.79. The summed E-state index contributed by atoms with van der Waals surface area (Å²) < 4.78 is 50.4. The Balaban J connectivity index is 2.30. The number of sulfone groups is 1. The summed E-state index contributed by atoms with van der Waals surface area (Å²) in [5.41, 5.74) is 0.0157. The van der Waals surface area contributed by atoms with Crippen LogP contribution in [0, 0.1) is 23.0 Å². The van der Waals surface area contributed by atoms with E-state index in [-0.39, 0.29) is 17.4 Å². The van der Waals surface area contributed by atoms with Gasteiger partial charge in [-0.15, -0.1) is 0 Å². The van der Waals surface area contributed by atoms with Gasteiger partial charge in [-0.3, -0.25) is 0 Å². The molecule has 0 N–H and O–H groups in total. The second kappa shape index (κ2) is 6.62. The zero-order chi connectivity index (χ0) is 15.7. The summed E-state index contributed by atoms with van der Waals surface area (Å²) in [6.45, 7) is 0. The van der Waals surface area contributed by atoms with E-state index in [9.17, 15) is 17.2 Å². The molecule has 0 spiro atoms. The zero-order valence-corrected chi connectivity index (χ0v) is 15.3. The Kier molecular flexibility index (Phi) is 5.47. The summed E-state index contributed by atoms with van der Waals surface area (Å²) in [5.74, 6) is -0.908. The molecule has 1 aromatic rings. The molecule has 1 aliphatic heterocycles. The summed E-state index contributed by atoms with van der Waals surface area (Å²) >= 11 is 6.91. The van der Waals surface area contributed by atoms with Crippen LogP contribution in [-0.4, -0.2) is 30.6 Å². The first-order valence-electron chi connectivity index (χ1n) is 6.58. The molecule has 1 atom stereocenters. The Labute approximate surface area is 140 Å². The van der Waals surface area contributed by atoms with Crippen LogP contribution in [0.5, 0.6) is 0 Å². The van der Waals surface area contributed by atoms with Crippen molar-refractivity contribution >= 4 is 41.7 Å². The minimum Gasteiger partial charge on any atom is -0.229 e. The van der Waals surface area contributed by atoms with Crippen LogP contribution in [0.15, 0.2) is 18.2 Å². The molecule has 1 unspecified atom stereocenters. The van der Waals surface area contributed by atoms with Crippen molar-refractivity contribution in [3.8, 4) is 0 Å². The Morgan fingerprint density at radius 2 is 1.90 bits per heavy atom. The molecule has 7 heteroatoms.